The molecule has 1 aromatic carbocycles. The summed E-state index contributed by atoms with van der Waals surface area (Å²) in [5.41, 5.74) is 1.98. The first-order valence-electron chi connectivity index (χ1n) is 5.69. The summed E-state index contributed by atoms with van der Waals surface area (Å²) >= 11 is 1.12. The highest BCUT2D eigenvalue weighted by Gasteiger charge is 2.24. The molecule has 0 saturated heterocycles. The Hall–Kier alpha value is -2.41. The van der Waals surface area contributed by atoms with Crippen molar-refractivity contribution in [1.29, 1.82) is 0 Å². The molecule has 1 aromatic heterocycles. The normalized spacial score (nSPS) is 11.7. The lowest BCUT2D eigenvalue weighted by Crippen LogP contribution is -2.22. The van der Waals surface area contributed by atoms with Gasteiger partial charge in [0.15, 0.2) is 11.7 Å². The molecule has 0 aliphatic heterocycles. The zero-order valence-corrected chi connectivity index (χ0v) is 11.4. The Balaban J connectivity index is 2.31. The first kappa shape index (κ1) is 14.0. The van der Waals surface area contributed by atoms with E-state index in [2.05, 4.69) is 10.3 Å². The van der Waals surface area contributed by atoms with E-state index in [9.17, 15) is 9.59 Å². The Morgan fingerprint density at radius 2 is 2.05 bits per heavy atom. The molecule has 6 nitrogen and oxygen atoms in total. The molecule has 0 radical (unpaired) electrons. The van der Waals surface area contributed by atoms with E-state index < -0.39 is 18.0 Å². The summed E-state index contributed by atoms with van der Waals surface area (Å²) in [5.74, 6) is -1.65. The number of methoxy groups -OCH3 is 1. The SMILES string of the molecule is COC(=O)C(Nc1scnc1C(=O)O)c1ccccc1. The molecule has 2 aromatic rings. The van der Waals surface area contributed by atoms with Crippen molar-refractivity contribution < 1.29 is 19.4 Å². The number of benzene rings is 1. The summed E-state index contributed by atoms with van der Waals surface area (Å²) in [4.78, 5) is 26.7. The molecular formula is C13H12N2O4S. The van der Waals surface area contributed by atoms with Gasteiger partial charge in [-0.15, -0.1) is 11.3 Å². The Morgan fingerprint density at radius 3 is 2.65 bits per heavy atom. The van der Waals surface area contributed by atoms with Gasteiger partial charge in [0.2, 0.25) is 0 Å². The largest absolute Gasteiger partial charge is 0.476 e. The van der Waals surface area contributed by atoms with Crippen molar-refractivity contribution in [3.8, 4) is 0 Å². The van der Waals surface area contributed by atoms with Crippen LogP contribution >= 0.6 is 11.3 Å². The second-order valence-electron chi connectivity index (χ2n) is 3.85. The van der Waals surface area contributed by atoms with Crippen LogP contribution in [0.2, 0.25) is 0 Å². The number of thiazole rings is 1. The lowest BCUT2D eigenvalue weighted by Gasteiger charge is -2.17. The van der Waals surface area contributed by atoms with Crippen molar-refractivity contribution in [2.24, 2.45) is 0 Å². The number of hydrogen-bond acceptors (Lipinski definition) is 6. The number of esters is 1. The molecule has 1 heterocycles. The van der Waals surface area contributed by atoms with E-state index in [-0.39, 0.29) is 5.69 Å². The average Bonchev–Trinajstić information content (AvgIpc) is 2.93. The molecular weight excluding hydrogens is 280 g/mol. The van der Waals surface area contributed by atoms with Gasteiger partial charge in [-0.25, -0.2) is 14.6 Å². The maximum Gasteiger partial charge on any atom is 0.357 e. The molecule has 1 unspecified atom stereocenters. The molecule has 0 aliphatic rings. The van der Waals surface area contributed by atoms with Gasteiger partial charge in [-0.05, 0) is 5.56 Å². The van der Waals surface area contributed by atoms with Crippen LogP contribution in [-0.2, 0) is 9.53 Å². The van der Waals surface area contributed by atoms with Crippen LogP contribution in [0.15, 0.2) is 35.8 Å². The number of rotatable bonds is 5. The number of carboxylic acids is 1. The maximum absolute atomic E-state index is 11.9. The quantitative estimate of drug-likeness (QED) is 0.821. The molecule has 1 atom stereocenters. The molecule has 2 N–H and O–H groups in total. The fourth-order valence-electron chi connectivity index (χ4n) is 1.67. The monoisotopic (exact) mass is 292 g/mol. The third-order valence-corrected chi connectivity index (χ3v) is 3.37. The van der Waals surface area contributed by atoms with Gasteiger partial charge in [-0.2, -0.15) is 0 Å². The van der Waals surface area contributed by atoms with E-state index in [0.717, 1.165) is 11.3 Å². The molecule has 2 rings (SSSR count). The van der Waals surface area contributed by atoms with Gasteiger partial charge in [0.25, 0.3) is 0 Å². The van der Waals surface area contributed by atoms with Crippen LogP contribution < -0.4 is 5.32 Å². The molecule has 0 spiro atoms. The van der Waals surface area contributed by atoms with Gasteiger partial charge < -0.3 is 15.2 Å². The zero-order valence-electron chi connectivity index (χ0n) is 10.6. The van der Waals surface area contributed by atoms with E-state index >= 15 is 0 Å². The highest BCUT2D eigenvalue weighted by molar-refractivity contribution is 7.14. The zero-order chi connectivity index (χ0) is 14.5. The molecule has 0 aliphatic carbocycles. The van der Waals surface area contributed by atoms with Crippen LogP contribution in [0, 0.1) is 0 Å². The predicted octanol–water partition coefficient (Wildman–Crippen LogP) is 2.17. The first-order valence-corrected chi connectivity index (χ1v) is 6.57. The highest BCUT2D eigenvalue weighted by atomic mass is 32.1. The third-order valence-electron chi connectivity index (χ3n) is 2.62. The standard InChI is InChI=1S/C13H12N2O4S/c1-19-13(18)9(8-5-3-2-4-6-8)15-11-10(12(16)17)14-7-20-11/h2-7,9,15H,1H3,(H,16,17). The number of nitrogens with one attached hydrogen (secondary N) is 1. The summed E-state index contributed by atoms with van der Waals surface area (Å²) < 4.78 is 4.75. The molecule has 0 fully saturated rings. The van der Waals surface area contributed by atoms with Crippen molar-refractivity contribution in [2.45, 2.75) is 6.04 Å². The van der Waals surface area contributed by atoms with Crippen LogP contribution in [0.5, 0.6) is 0 Å². The van der Waals surface area contributed by atoms with E-state index in [4.69, 9.17) is 9.84 Å². The van der Waals surface area contributed by atoms with Gasteiger partial charge in [0.1, 0.15) is 5.00 Å². The number of carboxylic acid groups (broad SMARTS) is 1. The summed E-state index contributed by atoms with van der Waals surface area (Å²) in [7, 11) is 1.28. The summed E-state index contributed by atoms with van der Waals surface area (Å²) in [5, 5.41) is 12.2. The minimum absolute atomic E-state index is 0.111. The fraction of sp³-hybridized carbons (Fsp3) is 0.154. The average molecular weight is 292 g/mol. The maximum atomic E-state index is 11.9. The number of nitrogens with zero attached hydrogens (tertiary/aromatic N) is 1. The molecule has 0 amide bonds. The van der Waals surface area contributed by atoms with Gasteiger partial charge in [-0.3, -0.25) is 0 Å². The van der Waals surface area contributed by atoms with Crippen LogP contribution in [-0.4, -0.2) is 29.1 Å². The highest BCUT2D eigenvalue weighted by Crippen LogP contribution is 2.26. The smallest absolute Gasteiger partial charge is 0.357 e. The predicted molar refractivity (Wildman–Crippen MR) is 73.9 cm³/mol. The second-order valence-corrected chi connectivity index (χ2v) is 4.70. The van der Waals surface area contributed by atoms with Crippen molar-refractivity contribution in [3.63, 3.8) is 0 Å². The lowest BCUT2D eigenvalue weighted by molar-refractivity contribution is -0.141. The Kier molecular flexibility index (Phi) is 4.31. The topological polar surface area (TPSA) is 88.5 Å². The van der Waals surface area contributed by atoms with Crippen molar-refractivity contribution >= 4 is 28.3 Å². The number of ether oxygens (including phenoxy) is 1. The number of aromatic carboxylic acids is 1. The molecule has 0 bridgehead atoms. The number of anilines is 1. The van der Waals surface area contributed by atoms with Crippen LogP contribution in [0.4, 0.5) is 5.00 Å². The number of hydrogen-bond donors (Lipinski definition) is 2. The Morgan fingerprint density at radius 1 is 1.35 bits per heavy atom. The van der Waals surface area contributed by atoms with Gasteiger partial charge in [-0.1, -0.05) is 30.3 Å². The Labute approximate surface area is 119 Å². The molecule has 20 heavy (non-hydrogen) atoms. The summed E-state index contributed by atoms with van der Waals surface area (Å²) in [6.07, 6.45) is 0. The molecule has 7 heteroatoms. The van der Waals surface area contributed by atoms with Crippen LogP contribution in [0.3, 0.4) is 0 Å². The number of aromatic nitrogens is 1. The van der Waals surface area contributed by atoms with Crippen molar-refractivity contribution in [2.75, 3.05) is 12.4 Å². The first-order chi connectivity index (χ1) is 9.63. The fourth-order valence-corrected chi connectivity index (χ4v) is 2.37. The molecule has 104 valence electrons. The number of carbonyl (C=O) groups excluding carboxylic acids is 1. The minimum Gasteiger partial charge on any atom is -0.476 e. The number of carbonyl (C=O) groups is 2. The van der Waals surface area contributed by atoms with Crippen LogP contribution in [0.25, 0.3) is 0 Å². The Bertz CT molecular complexity index is 612. The van der Waals surface area contributed by atoms with Gasteiger partial charge >= 0.3 is 11.9 Å². The molecule has 0 saturated carbocycles. The minimum atomic E-state index is -1.15. The van der Waals surface area contributed by atoms with E-state index in [0.29, 0.717) is 10.6 Å². The van der Waals surface area contributed by atoms with Crippen molar-refractivity contribution in [1.82, 2.24) is 4.98 Å². The summed E-state index contributed by atoms with van der Waals surface area (Å²) in [6.45, 7) is 0. The van der Waals surface area contributed by atoms with Gasteiger partial charge in [0, 0.05) is 0 Å². The van der Waals surface area contributed by atoms with E-state index in [1.54, 1.807) is 24.3 Å². The summed E-state index contributed by atoms with van der Waals surface area (Å²) in [6, 6.07) is 8.15. The van der Waals surface area contributed by atoms with Crippen molar-refractivity contribution in [3.05, 3.63) is 47.1 Å². The van der Waals surface area contributed by atoms with Crippen LogP contribution in [0.1, 0.15) is 22.1 Å². The second kappa shape index (κ2) is 6.16. The van der Waals surface area contributed by atoms with Gasteiger partial charge in [0.05, 0.1) is 12.6 Å². The van der Waals surface area contributed by atoms with E-state index in [1.807, 2.05) is 6.07 Å². The third kappa shape index (κ3) is 2.94. The van der Waals surface area contributed by atoms with E-state index in [1.165, 1.54) is 12.6 Å². The lowest BCUT2D eigenvalue weighted by atomic mass is 10.1.